The molecule has 0 spiro atoms. The van der Waals surface area contributed by atoms with E-state index in [0.29, 0.717) is 11.4 Å². The molecule has 2 N–H and O–H groups in total. The third-order valence-electron chi connectivity index (χ3n) is 2.53. The van der Waals surface area contributed by atoms with Crippen LogP contribution in [0.15, 0.2) is 18.2 Å². The van der Waals surface area contributed by atoms with Gasteiger partial charge in [0.25, 0.3) is 0 Å². The van der Waals surface area contributed by atoms with E-state index in [1.165, 1.54) is 12.1 Å². The molecule has 0 aliphatic carbocycles. The first-order valence-corrected chi connectivity index (χ1v) is 5.74. The van der Waals surface area contributed by atoms with Gasteiger partial charge in [-0.15, -0.1) is 0 Å². The van der Waals surface area contributed by atoms with Crippen LogP contribution < -0.4 is 5.32 Å². The van der Waals surface area contributed by atoms with E-state index in [-0.39, 0.29) is 24.5 Å². The van der Waals surface area contributed by atoms with Crippen LogP contribution in [0.2, 0.25) is 5.02 Å². The summed E-state index contributed by atoms with van der Waals surface area (Å²) < 4.78 is 12.9. The van der Waals surface area contributed by atoms with E-state index >= 15 is 0 Å². The van der Waals surface area contributed by atoms with E-state index in [2.05, 4.69) is 5.32 Å². The number of halogens is 2. The van der Waals surface area contributed by atoms with Crippen molar-refractivity contribution in [2.75, 3.05) is 6.61 Å². The normalized spacial score (nSPS) is 14.8. The lowest BCUT2D eigenvalue weighted by atomic mass is 10.1. The molecule has 1 aromatic rings. The zero-order chi connectivity index (χ0) is 12.1. The molecule has 0 aliphatic rings. The molecule has 0 aromatic heterocycles. The van der Waals surface area contributed by atoms with Gasteiger partial charge in [-0.3, -0.25) is 0 Å². The van der Waals surface area contributed by atoms with Crippen LogP contribution in [-0.2, 0) is 0 Å². The molecule has 0 aliphatic heterocycles. The summed E-state index contributed by atoms with van der Waals surface area (Å²) in [5.74, 6) is -0.329. The quantitative estimate of drug-likeness (QED) is 0.836. The Morgan fingerprint density at radius 2 is 2.12 bits per heavy atom. The highest BCUT2D eigenvalue weighted by molar-refractivity contribution is 6.31. The van der Waals surface area contributed by atoms with Crippen LogP contribution in [0, 0.1) is 5.82 Å². The highest BCUT2D eigenvalue weighted by Gasteiger charge is 2.12. The molecule has 0 bridgehead atoms. The van der Waals surface area contributed by atoms with E-state index in [9.17, 15) is 4.39 Å². The van der Waals surface area contributed by atoms with Gasteiger partial charge in [0.15, 0.2) is 0 Å². The van der Waals surface area contributed by atoms with Crippen molar-refractivity contribution in [3.8, 4) is 0 Å². The Bertz CT molecular complexity index is 346. The summed E-state index contributed by atoms with van der Waals surface area (Å²) in [6, 6.07) is 4.62. The summed E-state index contributed by atoms with van der Waals surface area (Å²) in [6.07, 6.45) is 0.684. The summed E-state index contributed by atoms with van der Waals surface area (Å²) in [5.41, 5.74) is 0.868. The molecule has 2 nitrogen and oxygen atoms in total. The molecule has 0 saturated heterocycles. The molecule has 1 rings (SSSR count). The molecular formula is C12H17ClFNO. The smallest absolute Gasteiger partial charge is 0.124 e. The maximum absolute atomic E-state index is 12.9. The number of nitrogens with one attached hydrogen (secondary N) is 1. The summed E-state index contributed by atoms with van der Waals surface area (Å²) in [4.78, 5) is 0. The lowest BCUT2D eigenvalue weighted by Crippen LogP contribution is -2.29. The monoisotopic (exact) mass is 245 g/mol. The van der Waals surface area contributed by atoms with Gasteiger partial charge in [-0.25, -0.2) is 4.39 Å². The van der Waals surface area contributed by atoms with Crippen molar-refractivity contribution in [3.05, 3.63) is 34.6 Å². The van der Waals surface area contributed by atoms with E-state index in [1.54, 1.807) is 6.07 Å². The topological polar surface area (TPSA) is 32.3 Å². The van der Waals surface area contributed by atoms with Crippen LogP contribution in [0.1, 0.15) is 31.9 Å². The Morgan fingerprint density at radius 1 is 1.44 bits per heavy atom. The molecule has 4 heteroatoms. The van der Waals surface area contributed by atoms with Crippen molar-refractivity contribution in [2.24, 2.45) is 0 Å². The molecule has 0 fully saturated rings. The van der Waals surface area contributed by atoms with Gasteiger partial charge in [-0.1, -0.05) is 17.7 Å². The van der Waals surface area contributed by atoms with Gasteiger partial charge in [0.05, 0.1) is 0 Å². The fraction of sp³-hybridized carbons (Fsp3) is 0.500. The SMILES string of the molecule is CC(CCO)NC(C)c1ccc(F)cc1Cl. The van der Waals surface area contributed by atoms with E-state index in [0.717, 1.165) is 5.56 Å². The zero-order valence-electron chi connectivity index (χ0n) is 9.50. The molecule has 1 aromatic carbocycles. The van der Waals surface area contributed by atoms with Gasteiger partial charge in [0, 0.05) is 23.7 Å². The molecular weight excluding hydrogens is 229 g/mol. The minimum Gasteiger partial charge on any atom is -0.396 e. The third-order valence-corrected chi connectivity index (χ3v) is 2.85. The van der Waals surface area contributed by atoms with Crippen molar-refractivity contribution in [2.45, 2.75) is 32.4 Å². The molecule has 0 amide bonds. The van der Waals surface area contributed by atoms with Crippen LogP contribution in [0.3, 0.4) is 0 Å². The Kier molecular flexibility index (Phi) is 5.19. The van der Waals surface area contributed by atoms with Crippen molar-refractivity contribution in [1.29, 1.82) is 0 Å². The number of aliphatic hydroxyl groups excluding tert-OH is 1. The second kappa shape index (κ2) is 6.18. The number of rotatable bonds is 5. The largest absolute Gasteiger partial charge is 0.396 e. The van der Waals surface area contributed by atoms with Gasteiger partial charge >= 0.3 is 0 Å². The average molecular weight is 246 g/mol. The molecule has 2 unspecified atom stereocenters. The van der Waals surface area contributed by atoms with Crippen LogP contribution >= 0.6 is 11.6 Å². The van der Waals surface area contributed by atoms with E-state index in [1.807, 2.05) is 13.8 Å². The zero-order valence-corrected chi connectivity index (χ0v) is 10.3. The first-order valence-electron chi connectivity index (χ1n) is 5.36. The Labute approximate surface area is 100 Å². The number of aliphatic hydroxyl groups is 1. The van der Waals surface area contributed by atoms with Gasteiger partial charge in [-0.05, 0) is 38.0 Å². The highest BCUT2D eigenvalue weighted by Crippen LogP contribution is 2.24. The second-order valence-electron chi connectivity index (χ2n) is 3.97. The average Bonchev–Trinajstić information content (AvgIpc) is 2.17. The Morgan fingerprint density at radius 3 is 2.69 bits per heavy atom. The molecule has 0 saturated carbocycles. The van der Waals surface area contributed by atoms with Gasteiger partial charge in [-0.2, -0.15) is 0 Å². The summed E-state index contributed by atoms with van der Waals surface area (Å²) in [6.45, 7) is 4.11. The Balaban J connectivity index is 2.69. The third kappa shape index (κ3) is 3.74. The molecule has 0 radical (unpaired) electrons. The van der Waals surface area contributed by atoms with Crippen LogP contribution in [-0.4, -0.2) is 17.8 Å². The lowest BCUT2D eigenvalue weighted by molar-refractivity contribution is 0.264. The number of hydrogen-bond acceptors (Lipinski definition) is 2. The van der Waals surface area contributed by atoms with Gasteiger partial charge < -0.3 is 10.4 Å². The number of hydrogen-bond donors (Lipinski definition) is 2. The minimum absolute atomic E-state index is 0.0367. The fourth-order valence-corrected chi connectivity index (χ4v) is 1.98. The highest BCUT2D eigenvalue weighted by atomic mass is 35.5. The molecule has 16 heavy (non-hydrogen) atoms. The molecule has 2 atom stereocenters. The van der Waals surface area contributed by atoms with Crippen molar-refractivity contribution in [3.63, 3.8) is 0 Å². The first-order chi connectivity index (χ1) is 7.54. The standard InChI is InChI=1S/C12H17ClFNO/c1-8(5-6-16)15-9(2)11-4-3-10(14)7-12(11)13/h3-4,7-9,15-16H,5-6H2,1-2H3. The maximum atomic E-state index is 12.9. The first kappa shape index (κ1) is 13.4. The van der Waals surface area contributed by atoms with Crippen molar-refractivity contribution >= 4 is 11.6 Å². The number of benzene rings is 1. The molecule has 0 heterocycles. The predicted octanol–water partition coefficient (Wildman–Crippen LogP) is 2.90. The van der Waals surface area contributed by atoms with Crippen molar-refractivity contribution in [1.82, 2.24) is 5.32 Å². The summed E-state index contributed by atoms with van der Waals surface area (Å²) in [5, 5.41) is 12.5. The predicted molar refractivity (Wildman–Crippen MR) is 64.1 cm³/mol. The van der Waals surface area contributed by atoms with Crippen LogP contribution in [0.25, 0.3) is 0 Å². The fourth-order valence-electron chi connectivity index (χ4n) is 1.65. The van der Waals surface area contributed by atoms with Crippen LogP contribution in [0.4, 0.5) is 4.39 Å². The van der Waals surface area contributed by atoms with E-state index < -0.39 is 0 Å². The molecule has 90 valence electrons. The summed E-state index contributed by atoms with van der Waals surface area (Å²) in [7, 11) is 0. The summed E-state index contributed by atoms with van der Waals surface area (Å²) >= 11 is 5.96. The van der Waals surface area contributed by atoms with Crippen molar-refractivity contribution < 1.29 is 9.50 Å². The maximum Gasteiger partial charge on any atom is 0.124 e. The minimum atomic E-state index is -0.329. The van der Waals surface area contributed by atoms with Gasteiger partial charge in [0.1, 0.15) is 5.82 Å². The second-order valence-corrected chi connectivity index (χ2v) is 4.37. The van der Waals surface area contributed by atoms with Gasteiger partial charge in [0.2, 0.25) is 0 Å². The van der Waals surface area contributed by atoms with Crippen LogP contribution in [0.5, 0.6) is 0 Å². The lowest BCUT2D eigenvalue weighted by Gasteiger charge is -2.20. The van der Waals surface area contributed by atoms with E-state index in [4.69, 9.17) is 16.7 Å². The Hall–Kier alpha value is -0.640.